The lowest BCUT2D eigenvalue weighted by molar-refractivity contribution is -0.116. The zero-order valence-electron chi connectivity index (χ0n) is 16.1. The SMILES string of the molecule is CC1NCCCC1NC(=O)c1cccc(NC(=O)CCCc2cccs2)c1.Cl. The molecule has 2 heterocycles. The van der Waals surface area contributed by atoms with Crippen LogP contribution in [0.4, 0.5) is 5.69 Å². The number of thiophene rings is 1. The summed E-state index contributed by atoms with van der Waals surface area (Å²) in [5.74, 6) is -0.112. The summed E-state index contributed by atoms with van der Waals surface area (Å²) in [4.78, 5) is 26.0. The normalized spacial score (nSPS) is 18.8. The van der Waals surface area contributed by atoms with Crippen LogP contribution in [0.15, 0.2) is 41.8 Å². The molecule has 1 aliphatic heterocycles. The third-order valence-corrected chi connectivity index (χ3v) is 5.83. The number of piperidine rings is 1. The van der Waals surface area contributed by atoms with Crippen molar-refractivity contribution in [3.8, 4) is 0 Å². The molecule has 1 aromatic carbocycles. The fraction of sp³-hybridized carbons (Fsp3) is 0.429. The molecule has 28 heavy (non-hydrogen) atoms. The molecule has 1 aliphatic rings. The van der Waals surface area contributed by atoms with Crippen LogP contribution < -0.4 is 16.0 Å². The van der Waals surface area contributed by atoms with Crippen LogP contribution in [-0.4, -0.2) is 30.4 Å². The minimum Gasteiger partial charge on any atom is -0.348 e. The van der Waals surface area contributed by atoms with Crippen LogP contribution in [0, 0.1) is 0 Å². The van der Waals surface area contributed by atoms with Gasteiger partial charge >= 0.3 is 0 Å². The van der Waals surface area contributed by atoms with Gasteiger partial charge in [-0.25, -0.2) is 0 Å². The Kier molecular flexibility index (Phi) is 8.96. The monoisotopic (exact) mass is 421 g/mol. The molecule has 0 saturated carbocycles. The maximum absolute atomic E-state index is 12.5. The van der Waals surface area contributed by atoms with E-state index < -0.39 is 0 Å². The van der Waals surface area contributed by atoms with Crippen molar-refractivity contribution in [2.75, 3.05) is 11.9 Å². The number of anilines is 1. The number of halogens is 1. The van der Waals surface area contributed by atoms with Gasteiger partial charge in [0, 0.05) is 34.6 Å². The molecular formula is C21H28ClN3O2S. The zero-order chi connectivity index (χ0) is 19.1. The van der Waals surface area contributed by atoms with Crippen molar-refractivity contribution in [2.45, 2.75) is 51.1 Å². The molecule has 7 heteroatoms. The Labute approximate surface area is 176 Å². The van der Waals surface area contributed by atoms with Gasteiger partial charge in [0.2, 0.25) is 5.91 Å². The molecular weight excluding hydrogens is 394 g/mol. The van der Waals surface area contributed by atoms with Gasteiger partial charge in [-0.3, -0.25) is 9.59 Å². The molecule has 0 radical (unpaired) electrons. The molecule has 2 atom stereocenters. The van der Waals surface area contributed by atoms with E-state index in [1.54, 1.807) is 29.5 Å². The second kappa shape index (κ2) is 11.2. The largest absolute Gasteiger partial charge is 0.348 e. The number of nitrogens with one attached hydrogen (secondary N) is 3. The number of hydrogen-bond acceptors (Lipinski definition) is 4. The molecule has 2 unspecified atom stereocenters. The van der Waals surface area contributed by atoms with Crippen molar-refractivity contribution in [3.05, 3.63) is 52.2 Å². The van der Waals surface area contributed by atoms with Crippen LogP contribution in [0.1, 0.15) is 47.8 Å². The summed E-state index contributed by atoms with van der Waals surface area (Å²) in [5, 5.41) is 11.4. The predicted octanol–water partition coefficient (Wildman–Crippen LogP) is 4.00. The summed E-state index contributed by atoms with van der Waals surface area (Å²) >= 11 is 1.72. The Bertz CT molecular complexity index is 767. The van der Waals surface area contributed by atoms with E-state index in [1.165, 1.54) is 4.88 Å². The highest BCUT2D eigenvalue weighted by molar-refractivity contribution is 7.09. The van der Waals surface area contributed by atoms with Crippen LogP contribution in [0.2, 0.25) is 0 Å². The molecule has 0 aliphatic carbocycles. The number of carbonyl (C=O) groups excluding carboxylic acids is 2. The fourth-order valence-electron chi connectivity index (χ4n) is 3.33. The molecule has 3 N–H and O–H groups in total. The number of carbonyl (C=O) groups is 2. The average molecular weight is 422 g/mol. The molecule has 152 valence electrons. The Morgan fingerprint density at radius 1 is 1.25 bits per heavy atom. The van der Waals surface area contributed by atoms with Gasteiger partial charge in [-0.05, 0) is 68.8 Å². The van der Waals surface area contributed by atoms with Gasteiger partial charge in [-0.2, -0.15) is 0 Å². The van der Waals surface area contributed by atoms with Crippen molar-refractivity contribution < 1.29 is 9.59 Å². The van der Waals surface area contributed by atoms with Crippen LogP contribution in [0.25, 0.3) is 0 Å². The first kappa shape index (κ1) is 22.4. The summed E-state index contributed by atoms with van der Waals surface area (Å²) in [5.41, 5.74) is 1.24. The van der Waals surface area contributed by atoms with Crippen molar-refractivity contribution in [1.29, 1.82) is 0 Å². The summed E-state index contributed by atoms with van der Waals surface area (Å²) < 4.78 is 0. The van der Waals surface area contributed by atoms with Crippen molar-refractivity contribution >= 4 is 41.2 Å². The average Bonchev–Trinajstić information content (AvgIpc) is 3.17. The van der Waals surface area contributed by atoms with Gasteiger partial charge in [-0.1, -0.05) is 12.1 Å². The number of aryl methyl sites for hydroxylation is 1. The number of rotatable bonds is 7. The zero-order valence-corrected chi connectivity index (χ0v) is 17.7. The number of hydrogen-bond donors (Lipinski definition) is 3. The van der Waals surface area contributed by atoms with Crippen LogP contribution >= 0.6 is 23.7 Å². The van der Waals surface area contributed by atoms with E-state index in [0.717, 1.165) is 32.2 Å². The van der Waals surface area contributed by atoms with Gasteiger partial charge in [0.05, 0.1) is 0 Å². The van der Waals surface area contributed by atoms with Gasteiger partial charge in [0.25, 0.3) is 5.91 Å². The van der Waals surface area contributed by atoms with Crippen molar-refractivity contribution in [1.82, 2.24) is 10.6 Å². The van der Waals surface area contributed by atoms with Gasteiger partial charge < -0.3 is 16.0 Å². The lowest BCUT2D eigenvalue weighted by Crippen LogP contribution is -2.51. The maximum Gasteiger partial charge on any atom is 0.251 e. The fourth-order valence-corrected chi connectivity index (χ4v) is 4.08. The molecule has 1 aromatic heterocycles. The second-order valence-corrected chi connectivity index (χ2v) is 8.06. The quantitative estimate of drug-likeness (QED) is 0.632. The van der Waals surface area contributed by atoms with Gasteiger partial charge in [0.1, 0.15) is 0 Å². The topological polar surface area (TPSA) is 70.2 Å². The van der Waals surface area contributed by atoms with Crippen molar-refractivity contribution in [2.24, 2.45) is 0 Å². The summed E-state index contributed by atoms with van der Waals surface area (Å²) in [6.07, 6.45) is 4.26. The van der Waals surface area contributed by atoms with Gasteiger partial charge in [0.15, 0.2) is 0 Å². The lowest BCUT2D eigenvalue weighted by atomic mass is 9.99. The highest BCUT2D eigenvalue weighted by Crippen LogP contribution is 2.15. The minimum absolute atomic E-state index is 0. The smallest absolute Gasteiger partial charge is 0.251 e. The Morgan fingerprint density at radius 2 is 2.11 bits per heavy atom. The van der Waals surface area contributed by atoms with Gasteiger partial charge in [-0.15, -0.1) is 23.7 Å². The lowest BCUT2D eigenvalue weighted by Gasteiger charge is -2.30. The second-order valence-electron chi connectivity index (χ2n) is 7.03. The van der Waals surface area contributed by atoms with E-state index in [9.17, 15) is 9.59 Å². The van der Waals surface area contributed by atoms with E-state index in [1.807, 2.05) is 12.1 Å². The minimum atomic E-state index is -0.0932. The van der Waals surface area contributed by atoms with E-state index in [4.69, 9.17) is 0 Å². The molecule has 5 nitrogen and oxygen atoms in total. The maximum atomic E-state index is 12.5. The Morgan fingerprint density at radius 3 is 2.86 bits per heavy atom. The molecule has 2 aromatic rings. The first-order valence-corrected chi connectivity index (χ1v) is 10.5. The standard InChI is InChI=1S/C21H27N3O2S.ClH/c1-15-19(10-4-12-22-15)24-21(26)16-6-2-7-17(14-16)23-20(25)11-3-8-18-9-5-13-27-18;/h2,5-7,9,13-15,19,22H,3-4,8,10-12H2,1H3,(H,23,25)(H,24,26);1H. The molecule has 0 bridgehead atoms. The molecule has 0 spiro atoms. The van der Waals surface area contributed by atoms with Crippen LogP contribution in [0.3, 0.4) is 0 Å². The first-order chi connectivity index (χ1) is 13.1. The van der Waals surface area contributed by atoms with Crippen LogP contribution in [0.5, 0.6) is 0 Å². The summed E-state index contributed by atoms with van der Waals surface area (Å²) in [6.45, 7) is 3.10. The summed E-state index contributed by atoms with van der Waals surface area (Å²) in [6, 6.07) is 11.7. The molecule has 1 saturated heterocycles. The highest BCUT2D eigenvalue weighted by atomic mass is 35.5. The Hall–Kier alpha value is -1.89. The van der Waals surface area contributed by atoms with E-state index in [-0.39, 0.29) is 36.3 Å². The van der Waals surface area contributed by atoms with Crippen molar-refractivity contribution in [3.63, 3.8) is 0 Å². The molecule has 2 amide bonds. The predicted molar refractivity (Wildman–Crippen MR) is 118 cm³/mol. The van der Waals surface area contributed by atoms with E-state index in [2.05, 4.69) is 34.3 Å². The van der Waals surface area contributed by atoms with E-state index in [0.29, 0.717) is 17.7 Å². The third-order valence-electron chi connectivity index (χ3n) is 4.89. The number of benzene rings is 1. The highest BCUT2D eigenvalue weighted by Gasteiger charge is 2.22. The molecule has 1 fully saturated rings. The molecule has 3 rings (SSSR count). The van der Waals surface area contributed by atoms with Crippen LogP contribution in [-0.2, 0) is 11.2 Å². The first-order valence-electron chi connectivity index (χ1n) is 9.58. The summed E-state index contributed by atoms with van der Waals surface area (Å²) in [7, 11) is 0. The third kappa shape index (κ3) is 6.62. The number of amides is 2. The van der Waals surface area contributed by atoms with E-state index >= 15 is 0 Å². The Balaban J connectivity index is 0.00000280.